The Morgan fingerprint density at radius 3 is 2.90 bits per heavy atom. The molecule has 0 aliphatic rings. The van der Waals surface area contributed by atoms with Gasteiger partial charge in [0.15, 0.2) is 0 Å². The Morgan fingerprint density at radius 1 is 1.35 bits per heavy atom. The van der Waals surface area contributed by atoms with Crippen molar-refractivity contribution in [1.82, 2.24) is 9.71 Å². The summed E-state index contributed by atoms with van der Waals surface area (Å²) in [5.74, 6) is 0. The monoisotopic (exact) mass is 311 g/mol. The molecule has 0 aliphatic carbocycles. The van der Waals surface area contributed by atoms with E-state index >= 15 is 0 Å². The number of thiophene rings is 1. The van der Waals surface area contributed by atoms with E-state index in [0.29, 0.717) is 25.2 Å². The van der Waals surface area contributed by atoms with E-state index in [9.17, 15) is 8.42 Å². The Kier molecular flexibility index (Phi) is 5.11. The predicted octanol–water partition coefficient (Wildman–Crippen LogP) is 2.10. The van der Waals surface area contributed by atoms with Crippen LogP contribution < -0.4 is 10.0 Å². The summed E-state index contributed by atoms with van der Waals surface area (Å²) in [6, 6.07) is 5.61. The average Bonchev–Trinajstić information content (AvgIpc) is 2.92. The molecule has 0 saturated carbocycles. The van der Waals surface area contributed by atoms with Crippen molar-refractivity contribution >= 4 is 27.0 Å². The van der Waals surface area contributed by atoms with Crippen molar-refractivity contribution in [3.05, 3.63) is 40.8 Å². The van der Waals surface area contributed by atoms with Crippen LogP contribution in [0.5, 0.6) is 0 Å². The minimum atomic E-state index is -3.54. The van der Waals surface area contributed by atoms with E-state index in [-0.39, 0.29) is 4.90 Å². The van der Waals surface area contributed by atoms with Gasteiger partial charge in [-0.25, -0.2) is 13.1 Å². The summed E-state index contributed by atoms with van der Waals surface area (Å²) in [6.45, 7) is 2.95. The van der Waals surface area contributed by atoms with Gasteiger partial charge in [0.25, 0.3) is 0 Å². The van der Waals surface area contributed by atoms with Crippen LogP contribution in [0.1, 0.15) is 11.8 Å². The molecule has 0 saturated heterocycles. The fourth-order valence-corrected chi connectivity index (χ4v) is 3.64. The van der Waals surface area contributed by atoms with Crippen LogP contribution >= 0.6 is 11.3 Å². The molecule has 0 radical (unpaired) electrons. The standard InChI is InChI=1S/C13H17N3O2S2/c1-2-15-12-6-7-14-10-13(12)20(17,18)16-8-5-11-4-3-9-19-11/h3-4,6-7,9-10,16H,2,5,8H2,1H3,(H,14,15). The van der Waals surface area contributed by atoms with Gasteiger partial charge in [0.1, 0.15) is 4.90 Å². The van der Waals surface area contributed by atoms with Crippen molar-refractivity contribution in [2.75, 3.05) is 18.4 Å². The lowest BCUT2D eigenvalue weighted by atomic mass is 10.3. The Hall–Kier alpha value is -1.44. The number of rotatable bonds is 7. The maximum Gasteiger partial charge on any atom is 0.244 e. The predicted molar refractivity (Wildman–Crippen MR) is 81.6 cm³/mol. The van der Waals surface area contributed by atoms with Gasteiger partial charge in [0.2, 0.25) is 10.0 Å². The van der Waals surface area contributed by atoms with Gasteiger partial charge in [0.05, 0.1) is 5.69 Å². The number of pyridine rings is 1. The molecule has 2 N–H and O–H groups in total. The molecular weight excluding hydrogens is 294 g/mol. The largest absolute Gasteiger partial charge is 0.384 e. The quantitative estimate of drug-likeness (QED) is 0.821. The summed E-state index contributed by atoms with van der Waals surface area (Å²) in [6.07, 6.45) is 3.63. The van der Waals surface area contributed by atoms with Crippen molar-refractivity contribution in [2.45, 2.75) is 18.2 Å². The van der Waals surface area contributed by atoms with Gasteiger partial charge < -0.3 is 5.32 Å². The maximum atomic E-state index is 12.3. The third-order valence-corrected chi connectivity index (χ3v) is 5.11. The second-order valence-corrected chi connectivity index (χ2v) is 6.90. The maximum absolute atomic E-state index is 12.3. The zero-order valence-corrected chi connectivity index (χ0v) is 12.8. The van der Waals surface area contributed by atoms with Gasteiger partial charge in [-0.1, -0.05) is 6.07 Å². The first-order valence-electron chi connectivity index (χ1n) is 6.33. The number of hydrogen-bond donors (Lipinski definition) is 2. The van der Waals surface area contributed by atoms with Gasteiger partial charge in [0, 0.05) is 30.4 Å². The normalized spacial score (nSPS) is 11.4. The van der Waals surface area contributed by atoms with Crippen molar-refractivity contribution < 1.29 is 8.42 Å². The number of nitrogens with zero attached hydrogens (tertiary/aromatic N) is 1. The summed E-state index contributed by atoms with van der Waals surface area (Å²) in [5.41, 5.74) is 0.575. The third-order valence-electron chi connectivity index (χ3n) is 2.68. The highest BCUT2D eigenvalue weighted by molar-refractivity contribution is 7.89. The lowest BCUT2D eigenvalue weighted by Gasteiger charge is -2.11. The molecule has 0 fully saturated rings. The summed E-state index contributed by atoms with van der Waals surface area (Å²) in [5, 5.41) is 5.01. The molecule has 0 spiro atoms. The molecule has 20 heavy (non-hydrogen) atoms. The molecular formula is C13H17N3O2S2. The Balaban J connectivity index is 2.06. The first-order chi connectivity index (χ1) is 9.63. The molecule has 0 amide bonds. The third kappa shape index (κ3) is 3.78. The second-order valence-electron chi connectivity index (χ2n) is 4.13. The molecule has 0 atom stereocenters. The zero-order valence-electron chi connectivity index (χ0n) is 11.2. The van der Waals surface area contributed by atoms with E-state index in [0.717, 1.165) is 4.88 Å². The summed E-state index contributed by atoms with van der Waals surface area (Å²) >= 11 is 1.62. The Bertz CT molecular complexity index is 639. The van der Waals surface area contributed by atoms with Crippen LogP contribution in [0.2, 0.25) is 0 Å². The van der Waals surface area contributed by atoms with Gasteiger partial charge in [-0.3, -0.25) is 4.98 Å². The molecule has 0 aromatic carbocycles. The first kappa shape index (κ1) is 15.0. The molecule has 0 bridgehead atoms. The SMILES string of the molecule is CCNc1ccncc1S(=O)(=O)NCCc1cccs1. The topological polar surface area (TPSA) is 71.1 Å². The molecule has 2 aromatic rings. The van der Waals surface area contributed by atoms with Crippen LogP contribution in [0.15, 0.2) is 40.9 Å². The van der Waals surface area contributed by atoms with Crippen LogP contribution in [0.25, 0.3) is 0 Å². The summed E-state index contributed by atoms with van der Waals surface area (Å²) < 4.78 is 27.1. The van der Waals surface area contributed by atoms with E-state index in [2.05, 4.69) is 15.0 Å². The van der Waals surface area contributed by atoms with Crippen LogP contribution in [-0.2, 0) is 16.4 Å². The molecule has 7 heteroatoms. The van der Waals surface area contributed by atoms with Crippen LogP contribution in [0.4, 0.5) is 5.69 Å². The van der Waals surface area contributed by atoms with E-state index < -0.39 is 10.0 Å². The molecule has 2 aromatic heterocycles. The lowest BCUT2D eigenvalue weighted by molar-refractivity contribution is 0.581. The number of anilines is 1. The van der Waals surface area contributed by atoms with Crippen molar-refractivity contribution in [2.24, 2.45) is 0 Å². The average molecular weight is 311 g/mol. The fraction of sp³-hybridized carbons (Fsp3) is 0.308. The van der Waals surface area contributed by atoms with Gasteiger partial charge in [-0.2, -0.15) is 0 Å². The number of sulfonamides is 1. The Labute approximate surface area is 123 Å². The molecule has 2 heterocycles. The second kappa shape index (κ2) is 6.83. The highest BCUT2D eigenvalue weighted by atomic mass is 32.2. The molecule has 5 nitrogen and oxygen atoms in total. The molecule has 0 unspecified atom stereocenters. The molecule has 108 valence electrons. The highest BCUT2D eigenvalue weighted by Crippen LogP contribution is 2.19. The van der Waals surface area contributed by atoms with E-state index in [1.807, 2.05) is 24.4 Å². The molecule has 2 rings (SSSR count). The minimum absolute atomic E-state index is 0.188. The number of hydrogen-bond acceptors (Lipinski definition) is 5. The van der Waals surface area contributed by atoms with Crippen LogP contribution in [0.3, 0.4) is 0 Å². The van der Waals surface area contributed by atoms with Crippen molar-refractivity contribution in [3.8, 4) is 0 Å². The van der Waals surface area contributed by atoms with Gasteiger partial charge in [-0.05, 0) is 30.9 Å². The fourth-order valence-electron chi connectivity index (χ4n) is 1.77. The van der Waals surface area contributed by atoms with Crippen molar-refractivity contribution in [1.29, 1.82) is 0 Å². The van der Waals surface area contributed by atoms with Gasteiger partial charge >= 0.3 is 0 Å². The molecule has 0 aliphatic heterocycles. The summed E-state index contributed by atoms with van der Waals surface area (Å²) in [4.78, 5) is 5.24. The smallest absolute Gasteiger partial charge is 0.244 e. The zero-order chi connectivity index (χ0) is 14.4. The van der Waals surface area contributed by atoms with Crippen LogP contribution in [-0.4, -0.2) is 26.5 Å². The summed E-state index contributed by atoms with van der Waals surface area (Å²) in [7, 11) is -3.54. The first-order valence-corrected chi connectivity index (χ1v) is 8.69. The Morgan fingerprint density at radius 2 is 2.20 bits per heavy atom. The minimum Gasteiger partial charge on any atom is -0.384 e. The van der Waals surface area contributed by atoms with E-state index in [4.69, 9.17) is 0 Å². The van der Waals surface area contributed by atoms with Crippen LogP contribution in [0, 0.1) is 0 Å². The number of aromatic nitrogens is 1. The number of nitrogens with one attached hydrogen (secondary N) is 2. The van der Waals surface area contributed by atoms with E-state index in [1.54, 1.807) is 23.6 Å². The van der Waals surface area contributed by atoms with E-state index in [1.165, 1.54) is 6.20 Å². The lowest BCUT2D eigenvalue weighted by Crippen LogP contribution is -2.26. The highest BCUT2D eigenvalue weighted by Gasteiger charge is 2.18. The van der Waals surface area contributed by atoms with Gasteiger partial charge in [-0.15, -0.1) is 11.3 Å². The van der Waals surface area contributed by atoms with Crippen molar-refractivity contribution in [3.63, 3.8) is 0 Å².